The fourth-order valence-corrected chi connectivity index (χ4v) is 1.52. The predicted octanol–water partition coefficient (Wildman–Crippen LogP) is 2.94. The molecule has 0 aliphatic heterocycles. The maximum Gasteiger partial charge on any atom is 0.123 e. The monoisotopic (exact) mass is 208 g/mol. The molecule has 1 N–H and O–H groups in total. The van der Waals surface area contributed by atoms with Crippen molar-refractivity contribution >= 4 is 0 Å². The van der Waals surface area contributed by atoms with E-state index in [0.717, 1.165) is 18.4 Å². The van der Waals surface area contributed by atoms with E-state index in [4.69, 9.17) is 5.11 Å². The van der Waals surface area contributed by atoms with E-state index >= 15 is 0 Å². The van der Waals surface area contributed by atoms with Crippen molar-refractivity contribution in [3.63, 3.8) is 0 Å². The van der Waals surface area contributed by atoms with Gasteiger partial charge in [0.2, 0.25) is 0 Å². The number of allylic oxidation sites excluding steroid dienone is 1. The quantitative estimate of drug-likeness (QED) is 0.738. The Morgan fingerprint density at radius 3 is 2.53 bits per heavy atom. The first-order valence-electron chi connectivity index (χ1n) is 5.24. The standard InChI is InChI=1S/C13H17FO/c1-2-3-12(10-15)5-4-11-6-8-13(14)9-7-11/h2-3,6-9,12,15H,4-5,10H2,1H3. The van der Waals surface area contributed by atoms with Crippen molar-refractivity contribution < 1.29 is 9.50 Å². The molecule has 1 aromatic rings. The molecule has 1 aromatic carbocycles. The Kier molecular flexibility index (Phi) is 5.05. The summed E-state index contributed by atoms with van der Waals surface area (Å²) < 4.78 is 12.6. The Hall–Kier alpha value is -1.15. The first-order chi connectivity index (χ1) is 7.26. The van der Waals surface area contributed by atoms with Crippen LogP contribution < -0.4 is 0 Å². The fraction of sp³-hybridized carbons (Fsp3) is 0.385. The van der Waals surface area contributed by atoms with Gasteiger partial charge in [0.15, 0.2) is 0 Å². The third-order valence-electron chi connectivity index (χ3n) is 2.42. The van der Waals surface area contributed by atoms with Crippen molar-refractivity contribution in [1.82, 2.24) is 0 Å². The Labute approximate surface area is 90.3 Å². The highest BCUT2D eigenvalue weighted by atomic mass is 19.1. The summed E-state index contributed by atoms with van der Waals surface area (Å²) in [6.07, 6.45) is 5.72. The summed E-state index contributed by atoms with van der Waals surface area (Å²) >= 11 is 0. The molecule has 1 rings (SSSR count). The smallest absolute Gasteiger partial charge is 0.123 e. The van der Waals surface area contributed by atoms with E-state index in [1.165, 1.54) is 12.1 Å². The lowest BCUT2D eigenvalue weighted by molar-refractivity contribution is 0.246. The number of halogens is 1. The first-order valence-corrected chi connectivity index (χ1v) is 5.24. The molecule has 82 valence electrons. The number of rotatable bonds is 5. The average Bonchev–Trinajstić information content (AvgIpc) is 2.26. The van der Waals surface area contributed by atoms with Crippen molar-refractivity contribution in [3.8, 4) is 0 Å². The molecule has 0 aliphatic rings. The zero-order chi connectivity index (χ0) is 11.1. The Morgan fingerprint density at radius 2 is 2.00 bits per heavy atom. The van der Waals surface area contributed by atoms with E-state index in [9.17, 15) is 4.39 Å². The van der Waals surface area contributed by atoms with Crippen LogP contribution >= 0.6 is 0 Å². The van der Waals surface area contributed by atoms with E-state index in [0.29, 0.717) is 0 Å². The summed E-state index contributed by atoms with van der Waals surface area (Å²) in [7, 11) is 0. The van der Waals surface area contributed by atoms with Crippen LogP contribution in [0.15, 0.2) is 36.4 Å². The van der Waals surface area contributed by atoms with Crippen LogP contribution in [0.3, 0.4) is 0 Å². The number of aliphatic hydroxyl groups excluding tert-OH is 1. The van der Waals surface area contributed by atoms with Crippen LogP contribution in [0.4, 0.5) is 4.39 Å². The van der Waals surface area contributed by atoms with Gasteiger partial charge >= 0.3 is 0 Å². The van der Waals surface area contributed by atoms with E-state index in [-0.39, 0.29) is 18.3 Å². The molecule has 0 aliphatic carbocycles. The highest BCUT2D eigenvalue weighted by Crippen LogP contribution is 2.11. The van der Waals surface area contributed by atoms with Crippen molar-refractivity contribution in [2.75, 3.05) is 6.61 Å². The Balaban J connectivity index is 2.45. The Bertz CT molecular complexity index is 303. The molecule has 1 atom stereocenters. The number of benzene rings is 1. The number of hydrogen-bond donors (Lipinski definition) is 1. The maximum absolute atomic E-state index is 12.6. The molecule has 2 heteroatoms. The summed E-state index contributed by atoms with van der Waals surface area (Å²) in [5, 5.41) is 9.07. The Morgan fingerprint density at radius 1 is 1.33 bits per heavy atom. The number of hydrogen-bond acceptors (Lipinski definition) is 1. The summed E-state index contributed by atoms with van der Waals surface area (Å²) in [6.45, 7) is 2.12. The maximum atomic E-state index is 12.6. The summed E-state index contributed by atoms with van der Waals surface area (Å²) in [5.41, 5.74) is 1.11. The molecule has 0 amide bonds. The first kappa shape index (κ1) is 11.9. The number of aryl methyl sites for hydroxylation is 1. The van der Waals surface area contributed by atoms with Crippen molar-refractivity contribution in [3.05, 3.63) is 47.8 Å². The highest BCUT2D eigenvalue weighted by molar-refractivity contribution is 5.16. The lowest BCUT2D eigenvalue weighted by Gasteiger charge is -2.08. The molecule has 0 radical (unpaired) electrons. The summed E-state index contributed by atoms with van der Waals surface area (Å²) in [4.78, 5) is 0. The molecule has 0 heterocycles. The van der Waals surface area contributed by atoms with E-state index < -0.39 is 0 Å². The number of aliphatic hydroxyl groups is 1. The van der Waals surface area contributed by atoms with Crippen molar-refractivity contribution in [2.45, 2.75) is 19.8 Å². The zero-order valence-electron chi connectivity index (χ0n) is 8.99. The topological polar surface area (TPSA) is 20.2 Å². The molecule has 0 fully saturated rings. The molecular formula is C13H17FO. The van der Waals surface area contributed by atoms with Gasteiger partial charge in [0.1, 0.15) is 5.82 Å². The predicted molar refractivity (Wildman–Crippen MR) is 60.1 cm³/mol. The van der Waals surface area contributed by atoms with Crippen LogP contribution in [0.5, 0.6) is 0 Å². The second-order valence-electron chi connectivity index (χ2n) is 3.63. The third kappa shape index (κ3) is 4.26. The highest BCUT2D eigenvalue weighted by Gasteiger charge is 2.03. The van der Waals surface area contributed by atoms with Gasteiger partial charge in [0, 0.05) is 12.5 Å². The molecule has 0 bridgehead atoms. The zero-order valence-corrected chi connectivity index (χ0v) is 8.99. The van der Waals surface area contributed by atoms with Crippen LogP contribution in [-0.4, -0.2) is 11.7 Å². The van der Waals surface area contributed by atoms with Crippen LogP contribution in [0.1, 0.15) is 18.9 Å². The van der Waals surface area contributed by atoms with Crippen LogP contribution in [0.25, 0.3) is 0 Å². The molecule has 1 unspecified atom stereocenters. The van der Waals surface area contributed by atoms with Crippen molar-refractivity contribution in [1.29, 1.82) is 0 Å². The molecule has 0 aromatic heterocycles. The van der Waals surface area contributed by atoms with Crippen molar-refractivity contribution in [2.24, 2.45) is 5.92 Å². The SMILES string of the molecule is CC=CC(CO)CCc1ccc(F)cc1. The van der Waals surface area contributed by atoms with Gasteiger partial charge in [-0.15, -0.1) is 0 Å². The van der Waals surface area contributed by atoms with Gasteiger partial charge < -0.3 is 5.11 Å². The van der Waals surface area contributed by atoms with E-state index in [1.54, 1.807) is 12.1 Å². The van der Waals surface area contributed by atoms with Gasteiger partial charge in [-0.25, -0.2) is 4.39 Å². The lowest BCUT2D eigenvalue weighted by atomic mass is 10.00. The van der Waals surface area contributed by atoms with Crippen LogP contribution in [0, 0.1) is 11.7 Å². The molecule has 0 saturated heterocycles. The molecule has 0 spiro atoms. The summed E-state index contributed by atoms with van der Waals surface area (Å²) in [5.74, 6) is 0.00552. The van der Waals surface area contributed by atoms with Crippen LogP contribution in [0.2, 0.25) is 0 Å². The minimum atomic E-state index is -0.203. The second kappa shape index (κ2) is 6.36. The van der Waals surface area contributed by atoms with Gasteiger partial charge in [-0.05, 0) is 37.5 Å². The summed E-state index contributed by atoms with van der Waals surface area (Å²) in [6, 6.07) is 6.52. The van der Waals surface area contributed by atoms with E-state index in [1.807, 2.05) is 19.1 Å². The molecule has 15 heavy (non-hydrogen) atoms. The van der Waals surface area contributed by atoms with Crippen LogP contribution in [-0.2, 0) is 6.42 Å². The van der Waals surface area contributed by atoms with Gasteiger partial charge in [-0.2, -0.15) is 0 Å². The van der Waals surface area contributed by atoms with Gasteiger partial charge in [-0.1, -0.05) is 24.3 Å². The van der Waals surface area contributed by atoms with Gasteiger partial charge in [-0.3, -0.25) is 0 Å². The van der Waals surface area contributed by atoms with Gasteiger partial charge in [0.25, 0.3) is 0 Å². The van der Waals surface area contributed by atoms with E-state index in [2.05, 4.69) is 0 Å². The second-order valence-corrected chi connectivity index (χ2v) is 3.63. The third-order valence-corrected chi connectivity index (χ3v) is 2.42. The minimum absolute atomic E-state index is 0.172. The minimum Gasteiger partial charge on any atom is -0.396 e. The molecule has 0 saturated carbocycles. The molecular weight excluding hydrogens is 191 g/mol. The van der Waals surface area contributed by atoms with Gasteiger partial charge in [0.05, 0.1) is 0 Å². The lowest BCUT2D eigenvalue weighted by Crippen LogP contribution is -2.04. The molecule has 1 nitrogen and oxygen atoms in total. The largest absolute Gasteiger partial charge is 0.396 e. The average molecular weight is 208 g/mol. The normalized spacial score (nSPS) is 13.3. The fourth-order valence-electron chi connectivity index (χ4n) is 1.52.